The first kappa shape index (κ1) is 21.3. The van der Waals surface area contributed by atoms with Crippen molar-refractivity contribution in [3.8, 4) is 23.0 Å². The number of ether oxygens (including phenoxy) is 3. The number of aliphatic hydroxyl groups is 3. The largest absolute Gasteiger partial charge is 0.504 e. The van der Waals surface area contributed by atoms with E-state index in [-0.39, 0.29) is 32.9 Å². The number of phenols is 2. The van der Waals surface area contributed by atoms with Crippen LogP contribution in [-0.2, 0) is 4.74 Å². The van der Waals surface area contributed by atoms with E-state index in [1.54, 1.807) is 0 Å². The third kappa shape index (κ3) is 2.92. The van der Waals surface area contributed by atoms with Gasteiger partial charge in [0.15, 0.2) is 22.7 Å². The number of phenolic OH excluding ortho intramolecular Hbond substituents is 2. The zero-order chi connectivity index (χ0) is 23.8. The van der Waals surface area contributed by atoms with Gasteiger partial charge in [-0.25, -0.2) is 9.59 Å². The van der Waals surface area contributed by atoms with E-state index in [1.165, 1.54) is 14.0 Å². The average Bonchev–Trinajstić information content (AvgIpc) is 2.77. The summed E-state index contributed by atoms with van der Waals surface area (Å²) < 4.78 is 26.5. The van der Waals surface area contributed by atoms with Gasteiger partial charge in [-0.3, -0.25) is 0 Å². The van der Waals surface area contributed by atoms with Crippen LogP contribution >= 0.6 is 0 Å². The first-order chi connectivity index (χ1) is 15.6. The van der Waals surface area contributed by atoms with Crippen molar-refractivity contribution < 1.29 is 48.6 Å². The van der Waals surface area contributed by atoms with Gasteiger partial charge in [0.25, 0.3) is 0 Å². The molecule has 5 N–H and O–H groups in total. The normalized spacial score (nSPS) is 25.8. The van der Waals surface area contributed by atoms with Crippen LogP contribution in [0.2, 0.25) is 0 Å². The summed E-state index contributed by atoms with van der Waals surface area (Å²) in [6.07, 6.45) is -7.14. The number of hydrogen-bond donors (Lipinski definition) is 5. The molecule has 0 spiro atoms. The summed E-state index contributed by atoms with van der Waals surface area (Å²) in [4.78, 5) is 25.4. The monoisotopic (exact) mass is 462 g/mol. The van der Waals surface area contributed by atoms with E-state index in [9.17, 15) is 35.1 Å². The first-order valence-electron chi connectivity index (χ1n) is 9.79. The number of aliphatic hydroxyl groups excluding tert-OH is 3. The van der Waals surface area contributed by atoms with E-state index < -0.39 is 64.8 Å². The lowest BCUT2D eigenvalue weighted by Crippen LogP contribution is -2.58. The number of aromatic hydroxyl groups is 2. The van der Waals surface area contributed by atoms with Crippen molar-refractivity contribution in [1.82, 2.24) is 0 Å². The van der Waals surface area contributed by atoms with E-state index >= 15 is 0 Å². The Labute approximate surface area is 182 Å². The zero-order valence-corrected chi connectivity index (χ0v) is 17.1. The smallest absolute Gasteiger partial charge is 0.344 e. The van der Waals surface area contributed by atoms with Gasteiger partial charge in [0.2, 0.25) is 17.8 Å². The van der Waals surface area contributed by atoms with Crippen molar-refractivity contribution in [2.45, 2.75) is 37.6 Å². The molecule has 0 aliphatic carbocycles. The van der Waals surface area contributed by atoms with Crippen molar-refractivity contribution in [1.29, 1.82) is 0 Å². The van der Waals surface area contributed by atoms with Crippen molar-refractivity contribution >= 4 is 32.7 Å². The molecule has 1 fully saturated rings. The molecular formula is C21H18O12. The second-order valence-electron chi connectivity index (χ2n) is 7.73. The minimum atomic E-state index is -1.70. The van der Waals surface area contributed by atoms with Crippen LogP contribution in [0.3, 0.4) is 0 Å². The summed E-state index contributed by atoms with van der Waals surface area (Å²) in [5, 5.41) is 50.8. The third-order valence-electron chi connectivity index (χ3n) is 5.77. The fourth-order valence-corrected chi connectivity index (χ4v) is 4.08. The Bertz CT molecular complexity index is 1500. The highest BCUT2D eigenvalue weighted by molar-refractivity contribution is 6.22. The second-order valence-corrected chi connectivity index (χ2v) is 7.73. The molecule has 0 unspecified atom stereocenters. The van der Waals surface area contributed by atoms with Crippen LogP contribution in [-0.4, -0.2) is 63.3 Å². The maximum absolute atomic E-state index is 12.8. The fraction of sp³-hybridized carbons (Fsp3) is 0.333. The quantitative estimate of drug-likeness (QED) is 0.204. The van der Waals surface area contributed by atoms with Crippen LogP contribution in [0.1, 0.15) is 6.92 Å². The Morgan fingerprint density at radius 2 is 1.48 bits per heavy atom. The molecule has 2 aromatic carbocycles. The minimum absolute atomic E-state index is 0.0212. The van der Waals surface area contributed by atoms with Gasteiger partial charge >= 0.3 is 11.3 Å². The lowest BCUT2D eigenvalue weighted by Gasteiger charge is -2.38. The highest BCUT2D eigenvalue weighted by Crippen LogP contribution is 2.45. The molecular weight excluding hydrogens is 444 g/mol. The lowest BCUT2D eigenvalue weighted by molar-refractivity contribution is -0.268. The predicted octanol–water partition coefficient (Wildman–Crippen LogP) is 0.116. The molecule has 174 valence electrons. The maximum Gasteiger partial charge on any atom is 0.344 e. The summed E-state index contributed by atoms with van der Waals surface area (Å²) in [7, 11) is 1.24. The molecule has 5 rings (SSSR count). The molecule has 3 heterocycles. The van der Waals surface area contributed by atoms with Crippen molar-refractivity contribution in [3.63, 3.8) is 0 Å². The first-order valence-corrected chi connectivity index (χ1v) is 9.79. The van der Waals surface area contributed by atoms with Gasteiger partial charge in [0.1, 0.15) is 18.3 Å². The van der Waals surface area contributed by atoms with E-state index in [0.717, 1.165) is 12.1 Å². The van der Waals surface area contributed by atoms with E-state index in [2.05, 4.69) is 0 Å². The van der Waals surface area contributed by atoms with E-state index in [1.807, 2.05) is 0 Å². The summed E-state index contributed by atoms with van der Waals surface area (Å²) in [5.74, 6) is -1.74. The Hall–Kier alpha value is -3.58. The molecule has 4 aromatic rings. The molecule has 0 saturated carbocycles. The zero-order valence-electron chi connectivity index (χ0n) is 17.1. The van der Waals surface area contributed by atoms with Crippen molar-refractivity contribution in [2.75, 3.05) is 7.11 Å². The molecule has 0 radical (unpaired) electrons. The van der Waals surface area contributed by atoms with Gasteiger partial charge in [0.05, 0.1) is 24.0 Å². The Kier molecular flexibility index (Phi) is 4.65. The predicted molar refractivity (Wildman–Crippen MR) is 110 cm³/mol. The van der Waals surface area contributed by atoms with Crippen LogP contribution < -0.4 is 20.7 Å². The second kappa shape index (κ2) is 7.22. The van der Waals surface area contributed by atoms with Crippen LogP contribution in [0.15, 0.2) is 30.6 Å². The van der Waals surface area contributed by atoms with Crippen LogP contribution in [0, 0.1) is 0 Å². The van der Waals surface area contributed by atoms with Crippen LogP contribution in [0.4, 0.5) is 0 Å². The van der Waals surface area contributed by atoms with Gasteiger partial charge in [-0.05, 0) is 19.1 Å². The van der Waals surface area contributed by atoms with Crippen molar-refractivity contribution in [2.24, 2.45) is 0 Å². The molecule has 12 heteroatoms. The summed E-state index contributed by atoms with van der Waals surface area (Å²) in [6.45, 7) is 1.44. The van der Waals surface area contributed by atoms with Crippen molar-refractivity contribution in [3.05, 3.63) is 33.0 Å². The molecule has 0 amide bonds. The minimum Gasteiger partial charge on any atom is -0.504 e. The number of benzene rings is 2. The van der Waals surface area contributed by atoms with E-state index in [4.69, 9.17) is 23.0 Å². The van der Waals surface area contributed by atoms with E-state index in [0.29, 0.717) is 0 Å². The third-order valence-corrected chi connectivity index (χ3v) is 5.77. The molecule has 5 atom stereocenters. The Balaban J connectivity index is 1.77. The number of rotatable bonds is 3. The summed E-state index contributed by atoms with van der Waals surface area (Å²) >= 11 is 0. The topological polar surface area (TPSA) is 189 Å². The van der Waals surface area contributed by atoms with Gasteiger partial charge < -0.3 is 48.6 Å². The number of hydrogen-bond acceptors (Lipinski definition) is 12. The van der Waals surface area contributed by atoms with Gasteiger partial charge in [-0.15, -0.1) is 0 Å². The molecule has 1 aliphatic rings. The average molecular weight is 462 g/mol. The molecule has 12 nitrogen and oxygen atoms in total. The summed E-state index contributed by atoms with van der Waals surface area (Å²) in [5.41, 5.74) is -2.50. The standard InChI is InChI=1S/C21H18O12/c1-5-12(23)14(25)15(26)21(30-5)31-9-4-7-10-11-6(19(27)32-17(10)13(9)24)3-8(22)16(29-2)18(11)33-20(7)28/h3-5,12,14-15,21-26H,1-2H3/t5-,12+,14-,15-,21+/m1/s1. The SMILES string of the molecule is COc1c(O)cc2c(=O)oc3c(O)c(O[C@@H]4O[C@H](C)[C@H](O)[C@@H](O)[C@H]4O)cc4c(=O)oc1c2c34. The van der Waals surface area contributed by atoms with Gasteiger partial charge in [-0.1, -0.05) is 0 Å². The van der Waals surface area contributed by atoms with Crippen LogP contribution in [0.5, 0.6) is 23.0 Å². The molecule has 33 heavy (non-hydrogen) atoms. The molecule has 2 aromatic heterocycles. The highest BCUT2D eigenvalue weighted by atomic mass is 16.7. The van der Waals surface area contributed by atoms with Crippen LogP contribution in [0.25, 0.3) is 32.7 Å². The van der Waals surface area contributed by atoms with Gasteiger partial charge in [-0.2, -0.15) is 0 Å². The van der Waals surface area contributed by atoms with Gasteiger partial charge in [0, 0.05) is 10.8 Å². The molecule has 1 saturated heterocycles. The fourth-order valence-electron chi connectivity index (χ4n) is 4.08. The summed E-state index contributed by atoms with van der Waals surface area (Å²) in [6, 6.07) is 2.19. The Morgan fingerprint density at radius 3 is 2.15 bits per heavy atom. The molecule has 1 aliphatic heterocycles. The lowest BCUT2D eigenvalue weighted by atomic mass is 10.00. The molecule has 0 bridgehead atoms. The maximum atomic E-state index is 12.8. The number of methoxy groups -OCH3 is 1. The Morgan fingerprint density at radius 1 is 0.879 bits per heavy atom. The highest BCUT2D eigenvalue weighted by Gasteiger charge is 2.43.